The van der Waals surface area contributed by atoms with Crippen LogP contribution in [0.1, 0.15) is 34.6 Å². The van der Waals surface area contributed by atoms with Gasteiger partial charge in [-0.3, -0.25) is 9.69 Å². The Bertz CT molecular complexity index is 222. The van der Waals surface area contributed by atoms with Crippen molar-refractivity contribution in [3.05, 3.63) is 0 Å². The second-order valence-electron chi connectivity index (χ2n) is 5.62. The average molecular weight is 213 g/mol. The molecular weight excluding hydrogens is 190 g/mol. The largest absolute Gasteiger partial charge is 0.373 e. The van der Waals surface area contributed by atoms with Crippen molar-refractivity contribution in [1.29, 1.82) is 0 Å². The molecule has 1 heterocycles. The van der Waals surface area contributed by atoms with Crippen molar-refractivity contribution >= 4 is 5.78 Å². The van der Waals surface area contributed by atoms with Gasteiger partial charge in [0, 0.05) is 18.5 Å². The molecule has 0 N–H and O–H groups in total. The molecular formula is C12H23NO2. The third kappa shape index (κ3) is 3.92. The molecule has 1 rings (SSSR count). The van der Waals surface area contributed by atoms with E-state index in [0.29, 0.717) is 12.3 Å². The second-order valence-corrected chi connectivity index (χ2v) is 5.62. The summed E-state index contributed by atoms with van der Waals surface area (Å²) in [7, 11) is 0. The number of Topliss-reactive ketones (excluding diaryl/α,β-unsaturated/α-hetero) is 1. The van der Waals surface area contributed by atoms with Gasteiger partial charge in [0.15, 0.2) is 5.78 Å². The summed E-state index contributed by atoms with van der Waals surface area (Å²) >= 11 is 0. The van der Waals surface area contributed by atoms with Crippen molar-refractivity contribution in [2.75, 3.05) is 19.6 Å². The Labute approximate surface area is 92.8 Å². The van der Waals surface area contributed by atoms with E-state index in [1.165, 1.54) is 0 Å². The lowest BCUT2D eigenvalue weighted by molar-refractivity contribution is -0.131. The highest BCUT2D eigenvalue weighted by molar-refractivity contribution is 5.85. The number of ketones is 1. The molecule has 1 fully saturated rings. The first kappa shape index (κ1) is 12.7. The van der Waals surface area contributed by atoms with E-state index in [2.05, 4.69) is 18.7 Å². The Hall–Kier alpha value is -0.410. The maximum atomic E-state index is 11.9. The number of rotatable bonds is 2. The quantitative estimate of drug-likeness (QED) is 0.699. The third-order valence-corrected chi connectivity index (χ3v) is 2.70. The van der Waals surface area contributed by atoms with Gasteiger partial charge in [0.1, 0.15) is 0 Å². The summed E-state index contributed by atoms with van der Waals surface area (Å²) in [4.78, 5) is 14.1. The normalized spacial score (nSPS) is 29.1. The van der Waals surface area contributed by atoms with E-state index >= 15 is 0 Å². The van der Waals surface area contributed by atoms with Crippen molar-refractivity contribution in [2.45, 2.75) is 46.8 Å². The number of hydrogen-bond donors (Lipinski definition) is 0. The number of carbonyl (C=O) groups is 1. The van der Waals surface area contributed by atoms with Crippen LogP contribution >= 0.6 is 0 Å². The highest BCUT2D eigenvalue weighted by Gasteiger charge is 2.28. The first-order chi connectivity index (χ1) is 6.79. The van der Waals surface area contributed by atoms with Gasteiger partial charge in [-0.15, -0.1) is 0 Å². The van der Waals surface area contributed by atoms with E-state index < -0.39 is 0 Å². The molecule has 1 aliphatic rings. The zero-order valence-electron chi connectivity index (χ0n) is 10.5. The van der Waals surface area contributed by atoms with Crippen LogP contribution in [0.4, 0.5) is 0 Å². The molecule has 3 nitrogen and oxygen atoms in total. The van der Waals surface area contributed by atoms with Crippen LogP contribution < -0.4 is 0 Å². The minimum absolute atomic E-state index is 0.231. The van der Waals surface area contributed by atoms with E-state index in [1.54, 1.807) is 0 Å². The molecule has 0 aromatic rings. The maximum Gasteiger partial charge on any atom is 0.152 e. The summed E-state index contributed by atoms with van der Waals surface area (Å²) in [6.45, 7) is 12.3. The standard InChI is InChI=1S/C12H23NO2/c1-9-6-13(7-10(2)15-9)8-11(14)12(3,4)5/h9-10H,6-8H2,1-5H3. The highest BCUT2D eigenvalue weighted by atomic mass is 16.5. The van der Waals surface area contributed by atoms with Gasteiger partial charge < -0.3 is 4.74 Å². The van der Waals surface area contributed by atoms with Crippen LogP contribution in [0.25, 0.3) is 0 Å². The van der Waals surface area contributed by atoms with E-state index in [1.807, 2.05) is 20.8 Å². The first-order valence-corrected chi connectivity index (χ1v) is 5.70. The molecule has 0 saturated carbocycles. The lowest BCUT2D eigenvalue weighted by Gasteiger charge is -2.35. The van der Waals surface area contributed by atoms with Gasteiger partial charge >= 0.3 is 0 Å². The smallest absolute Gasteiger partial charge is 0.152 e. The van der Waals surface area contributed by atoms with Gasteiger partial charge in [-0.05, 0) is 13.8 Å². The SMILES string of the molecule is CC1CN(CC(=O)C(C)(C)C)CC(C)O1. The summed E-state index contributed by atoms with van der Waals surface area (Å²) < 4.78 is 5.63. The molecule has 1 saturated heterocycles. The van der Waals surface area contributed by atoms with Crippen LogP contribution in [0, 0.1) is 5.41 Å². The Morgan fingerprint density at radius 2 is 1.73 bits per heavy atom. The molecule has 0 aromatic heterocycles. The highest BCUT2D eigenvalue weighted by Crippen LogP contribution is 2.17. The van der Waals surface area contributed by atoms with Crippen molar-refractivity contribution in [3.8, 4) is 0 Å². The average Bonchev–Trinajstić information content (AvgIpc) is 1.99. The van der Waals surface area contributed by atoms with E-state index in [9.17, 15) is 4.79 Å². The fourth-order valence-electron chi connectivity index (χ4n) is 1.85. The molecule has 2 atom stereocenters. The summed E-state index contributed by atoms with van der Waals surface area (Å²) in [5, 5.41) is 0. The molecule has 15 heavy (non-hydrogen) atoms. The minimum Gasteiger partial charge on any atom is -0.373 e. The topological polar surface area (TPSA) is 29.5 Å². The van der Waals surface area contributed by atoms with Crippen LogP contribution in [0.2, 0.25) is 0 Å². The molecule has 0 amide bonds. The summed E-state index contributed by atoms with van der Waals surface area (Å²) in [6, 6.07) is 0. The monoisotopic (exact) mass is 213 g/mol. The van der Waals surface area contributed by atoms with E-state index in [-0.39, 0.29) is 17.6 Å². The van der Waals surface area contributed by atoms with Crippen molar-refractivity contribution in [1.82, 2.24) is 4.90 Å². The molecule has 2 unspecified atom stereocenters. The maximum absolute atomic E-state index is 11.9. The number of carbonyl (C=O) groups excluding carboxylic acids is 1. The van der Waals surface area contributed by atoms with Gasteiger partial charge in [-0.25, -0.2) is 0 Å². The summed E-state index contributed by atoms with van der Waals surface area (Å²) in [6.07, 6.45) is 0.475. The molecule has 88 valence electrons. The van der Waals surface area contributed by atoms with Crippen molar-refractivity contribution in [2.24, 2.45) is 5.41 Å². The van der Waals surface area contributed by atoms with Crippen LogP contribution in [0.5, 0.6) is 0 Å². The molecule has 0 spiro atoms. The molecule has 1 aliphatic heterocycles. The van der Waals surface area contributed by atoms with Gasteiger partial charge in [0.25, 0.3) is 0 Å². The second kappa shape index (κ2) is 4.62. The predicted molar refractivity (Wildman–Crippen MR) is 60.9 cm³/mol. The van der Waals surface area contributed by atoms with Gasteiger partial charge in [-0.1, -0.05) is 20.8 Å². The van der Waals surface area contributed by atoms with E-state index in [0.717, 1.165) is 13.1 Å². The lowest BCUT2D eigenvalue weighted by Crippen LogP contribution is -2.48. The molecule has 0 radical (unpaired) electrons. The zero-order chi connectivity index (χ0) is 11.6. The molecule has 0 aromatic carbocycles. The van der Waals surface area contributed by atoms with E-state index in [4.69, 9.17) is 4.74 Å². The van der Waals surface area contributed by atoms with Crippen LogP contribution in [0.3, 0.4) is 0 Å². The van der Waals surface area contributed by atoms with Gasteiger partial charge in [0.2, 0.25) is 0 Å². The predicted octanol–water partition coefficient (Wildman–Crippen LogP) is 1.71. The molecule has 0 aliphatic carbocycles. The van der Waals surface area contributed by atoms with Crippen LogP contribution in [-0.2, 0) is 9.53 Å². The first-order valence-electron chi connectivity index (χ1n) is 5.70. The van der Waals surface area contributed by atoms with Gasteiger partial charge in [-0.2, -0.15) is 0 Å². The number of morpholine rings is 1. The Kier molecular flexibility index (Phi) is 3.90. The number of ether oxygens (including phenoxy) is 1. The fourth-order valence-corrected chi connectivity index (χ4v) is 1.85. The minimum atomic E-state index is -0.231. The van der Waals surface area contributed by atoms with Crippen LogP contribution in [-0.4, -0.2) is 42.5 Å². The summed E-state index contributed by atoms with van der Waals surface area (Å²) in [5.41, 5.74) is -0.231. The molecule has 0 bridgehead atoms. The van der Waals surface area contributed by atoms with Crippen molar-refractivity contribution in [3.63, 3.8) is 0 Å². The van der Waals surface area contributed by atoms with Crippen LogP contribution in [0.15, 0.2) is 0 Å². The zero-order valence-corrected chi connectivity index (χ0v) is 10.5. The van der Waals surface area contributed by atoms with Crippen molar-refractivity contribution < 1.29 is 9.53 Å². The fraction of sp³-hybridized carbons (Fsp3) is 0.917. The Balaban J connectivity index is 2.48. The molecule has 3 heteroatoms. The van der Waals surface area contributed by atoms with Gasteiger partial charge in [0.05, 0.1) is 18.8 Å². The summed E-state index contributed by atoms with van der Waals surface area (Å²) in [5.74, 6) is 0.309. The Morgan fingerprint density at radius 3 is 2.13 bits per heavy atom. The lowest BCUT2D eigenvalue weighted by atomic mass is 9.90. The third-order valence-electron chi connectivity index (χ3n) is 2.70. The Morgan fingerprint density at radius 1 is 1.27 bits per heavy atom. The number of hydrogen-bond acceptors (Lipinski definition) is 3. The number of nitrogens with zero attached hydrogens (tertiary/aromatic N) is 1.